The second kappa shape index (κ2) is 6.70. The van der Waals surface area contributed by atoms with E-state index >= 15 is 0 Å². The van der Waals surface area contributed by atoms with E-state index in [2.05, 4.69) is 48.9 Å². The SMILES string of the molecule is CN(Cc1cccc(Br)c1)c1cc(Br)ccc1C(N)=S. The molecular formula is C15H14Br2N2S. The second-order valence-electron chi connectivity index (χ2n) is 4.51. The average molecular weight is 414 g/mol. The van der Waals surface area contributed by atoms with Crippen LogP contribution in [0.15, 0.2) is 51.4 Å². The molecule has 0 atom stereocenters. The normalized spacial score (nSPS) is 10.3. The third kappa shape index (κ3) is 3.81. The number of halogens is 2. The Hall–Kier alpha value is -0.910. The van der Waals surface area contributed by atoms with Gasteiger partial charge in [0.25, 0.3) is 0 Å². The summed E-state index contributed by atoms with van der Waals surface area (Å²) >= 11 is 12.1. The van der Waals surface area contributed by atoms with Crippen molar-refractivity contribution in [3.8, 4) is 0 Å². The van der Waals surface area contributed by atoms with Gasteiger partial charge in [0, 0.05) is 33.8 Å². The molecule has 0 amide bonds. The molecule has 0 saturated heterocycles. The van der Waals surface area contributed by atoms with Crippen LogP contribution in [0, 0.1) is 0 Å². The van der Waals surface area contributed by atoms with Crippen molar-refractivity contribution >= 4 is 54.8 Å². The zero-order valence-electron chi connectivity index (χ0n) is 10.9. The van der Waals surface area contributed by atoms with E-state index < -0.39 is 0 Å². The molecule has 104 valence electrons. The summed E-state index contributed by atoms with van der Waals surface area (Å²) in [5, 5.41) is 0. The van der Waals surface area contributed by atoms with Crippen molar-refractivity contribution in [3.05, 3.63) is 62.5 Å². The van der Waals surface area contributed by atoms with Gasteiger partial charge >= 0.3 is 0 Å². The molecule has 2 aromatic carbocycles. The van der Waals surface area contributed by atoms with Crippen LogP contribution in [0.5, 0.6) is 0 Å². The molecule has 2 nitrogen and oxygen atoms in total. The number of nitrogens with zero attached hydrogens (tertiary/aromatic N) is 1. The number of rotatable bonds is 4. The van der Waals surface area contributed by atoms with Crippen LogP contribution in [-0.2, 0) is 6.54 Å². The summed E-state index contributed by atoms with van der Waals surface area (Å²) in [6, 6.07) is 14.2. The number of anilines is 1. The topological polar surface area (TPSA) is 29.3 Å². The fourth-order valence-corrected chi connectivity index (χ4v) is 2.99. The van der Waals surface area contributed by atoms with E-state index in [1.165, 1.54) is 5.56 Å². The molecule has 0 unspecified atom stereocenters. The number of hydrogen-bond acceptors (Lipinski definition) is 2. The number of hydrogen-bond donors (Lipinski definition) is 1. The summed E-state index contributed by atoms with van der Waals surface area (Å²) in [7, 11) is 2.03. The smallest absolute Gasteiger partial charge is 0.106 e. The second-order valence-corrected chi connectivity index (χ2v) is 6.78. The third-order valence-electron chi connectivity index (χ3n) is 2.95. The first-order chi connectivity index (χ1) is 9.47. The first-order valence-electron chi connectivity index (χ1n) is 6.02. The van der Waals surface area contributed by atoms with E-state index in [0.717, 1.165) is 26.7 Å². The summed E-state index contributed by atoms with van der Waals surface area (Å²) in [6.07, 6.45) is 0. The zero-order valence-corrected chi connectivity index (χ0v) is 14.9. The van der Waals surface area contributed by atoms with Crippen molar-refractivity contribution in [3.63, 3.8) is 0 Å². The number of thiocarbonyl (C=S) groups is 1. The van der Waals surface area contributed by atoms with Crippen LogP contribution in [0.3, 0.4) is 0 Å². The first-order valence-corrected chi connectivity index (χ1v) is 8.02. The lowest BCUT2D eigenvalue weighted by Gasteiger charge is -2.22. The fourth-order valence-electron chi connectivity index (χ4n) is 2.02. The Bertz CT molecular complexity index is 644. The van der Waals surface area contributed by atoms with Crippen LogP contribution in [0.25, 0.3) is 0 Å². The molecule has 20 heavy (non-hydrogen) atoms. The largest absolute Gasteiger partial charge is 0.389 e. The predicted molar refractivity (Wildman–Crippen MR) is 96.3 cm³/mol. The summed E-state index contributed by atoms with van der Waals surface area (Å²) in [5.74, 6) is 0. The van der Waals surface area contributed by atoms with E-state index in [1.54, 1.807) is 0 Å². The van der Waals surface area contributed by atoms with E-state index in [1.807, 2.05) is 37.4 Å². The summed E-state index contributed by atoms with van der Waals surface area (Å²) in [5.41, 5.74) is 8.93. The molecule has 0 aliphatic heterocycles. The maximum atomic E-state index is 5.80. The minimum Gasteiger partial charge on any atom is -0.389 e. The quantitative estimate of drug-likeness (QED) is 0.749. The molecule has 0 spiro atoms. The van der Waals surface area contributed by atoms with Crippen molar-refractivity contribution in [2.45, 2.75) is 6.54 Å². The zero-order chi connectivity index (χ0) is 14.7. The van der Waals surface area contributed by atoms with E-state index in [4.69, 9.17) is 18.0 Å². The van der Waals surface area contributed by atoms with Crippen LogP contribution in [0.1, 0.15) is 11.1 Å². The van der Waals surface area contributed by atoms with Crippen LogP contribution in [0.2, 0.25) is 0 Å². The Morgan fingerprint density at radius 1 is 1.15 bits per heavy atom. The van der Waals surface area contributed by atoms with Gasteiger partial charge in [-0.1, -0.05) is 56.2 Å². The Labute approximate surface area is 141 Å². The molecule has 0 aliphatic rings. The molecule has 2 aromatic rings. The van der Waals surface area contributed by atoms with E-state index in [-0.39, 0.29) is 0 Å². The predicted octanol–water partition coefficient (Wildman–Crippen LogP) is 4.48. The van der Waals surface area contributed by atoms with Crippen molar-refractivity contribution in [2.24, 2.45) is 5.73 Å². The molecular weight excluding hydrogens is 400 g/mol. The molecule has 2 rings (SSSR count). The van der Waals surface area contributed by atoms with Crippen molar-refractivity contribution < 1.29 is 0 Å². The lowest BCUT2D eigenvalue weighted by molar-refractivity contribution is 0.920. The van der Waals surface area contributed by atoms with Crippen molar-refractivity contribution in [1.29, 1.82) is 0 Å². The van der Waals surface area contributed by atoms with Crippen molar-refractivity contribution in [1.82, 2.24) is 0 Å². The summed E-state index contributed by atoms with van der Waals surface area (Å²) in [4.78, 5) is 2.55. The molecule has 0 radical (unpaired) electrons. The Morgan fingerprint density at radius 2 is 1.85 bits per heavy atom. The minimum atomic E-state index is 0.411. The van der Waals surface area contributed by atoms with E-state index in [9.17, 15) is 0 Å². The first kappa shape index (κ1) is 15.5. The van der Waals surface area contributed by atoms with Crippen LogP contribution >= 0.6 is 44.1 Å². The van der Waals surface area contributed by atoms with Gasteiger partial charge in [0.2, 0.25) is 0 Å². The highest BCUT2D eigenvalue weighted by Crippen LogP contribution is 2.26. The van der Waals surface area contributed by atoms with Crippen molar-refractivity contribution in [2.75, 3.05) is 11.9 Å². The van der Waals surface area contributed by atoms with Gasteiger partial charge < -0.3 is 10.6 Å². The van der Waals surface area contributed by atoms with Gasteiger partial charge in [-0.05, 0) is 35.9 Å². The summed E-state index contributed by atoms with van der Waals surface area (Å²) in [6.45, 7) is 0.783. The maximum Gasteiger partial charge on any atom is 0.106 e. The number of benzene rings is 2. The van der Waals surface area contributed by atoms with Crippen LogP contribution in [-0.4, -0.2) is 12.0 Å². The Kier molecular flexibility index (Phi) is 5.18. The lowest BCUT2D eigenvalue weighted by Crippen LogP contribution is -2.21. The highest BCUT2D eigenvalue weighted by atomic mass is 79.9. The standard InChI is InChI=1S/C15H14Br2N2S/c1-19(9-10-3-2-4-11(16)7-10)14-8-12(17)5-6-13(14)15(18)20/h2-8H,9H2,1H3,(H2,18,20). The molecule has 2 N–H and O–H groups in total. The maximum absolute atomic E-state index is 5.80. The third-order valence-corrected chi connectivity index (χ3v) is 4.15. The van der Waals surface area contributed by atoms with Gasteiger partial charge in [-0.25, -0.2) is 0 Å². The summed E-state index contributed by atoms with van der Waals surface area (Å²) < 4.78 is 2.08. The Balaban J connectivity index is 2.31. The molecule has 0 heterocycles. The highest BCUT2D eigenvalue weighted by Gasteiger charge is 2.11. The monoisotopic (exact) mass is 412 g/mol. The highest BCUT2D eigenvalue weighted by molar-refractivity contribution is 9.10. The number of nitrogens with two attached hydrogens (primary N) is 1. The molecule has 5 heteroatoms. The van der Waals surface area contributed by atoms with Gasteiger partial charge in [-0.15, -0.1) is 0 Å². The molecule has 0 aromatic heterocycles. The molecule has 0 bridgehead atoms. The molecule has 0 fully saturated rings. The van der Waals surface area contributed by atoms with Gasteiger partial charge in [0.05, 0.1) is 0 Å². The lowest BCUT2D eigenvalue weighted by atomic mass is 10.1. The van der Waals surface area contributed by atoms with Crippen LogP contribution in [0.4, 0.5) is 5.69 Å². The van der Waals surface area contributed by atoms with Crippen LogP contribution < -0.4 is 10.6 Å². The van der Waals surface area contributed by atoms with Gasteiger partial charge in [-0.3, -0.25) is 0 Å². The van der Waals surface area contributed by atoms with Gasteiger partial charge in [0.15, 0.2) is 0 Å². The molecule has 0 saturated carbocycles. The fraction of sp³-hybridized carbons (Fsp3) is 0.133. The van der Waals surface area contributed by atoms with Gasteiger partial charge in [0.1, 0.15) is 4.99 Å². The Morgan fingerprint density at radius 3 is 2.50 bits per heavy atom. The van der Waals surface area contributed by atoms with E-state index in [0.29, 0.717) is 4.99 Å². The minimum absolute atomic E-state index is 0.411. The average Bonchev–Trinajstić information content (AvgIpc) is 2.38. The van der Waals surface area contributed by atoms with Gasteiger partial charge in [-0.2, -0.15) is 0 Å². The molecule has 0 aliphatic carbocycles.